The van der Waals surface area contributed by atoms with E-state index in [1.165, 1.54) is 11.8 Å². The fraction of sp³-hybridized carbons (Fsp3) is 0.0625. The Labute approximate surface area is 145 Å². The van der Waals surface area contributed by atoms with E-state index in [0.29, 0.717) is 10.8 Å². The van der Waals surface area contributed by atoms with Gasteiger partial charge in [0, 0.05) is 23.7 Å². The van der Waals surface area contributed by atoms with Crippen molar-refractivity contribution >= 4 is 28.4 Å². The zero-order chi connectivity index (χ0) is 16.8. The molecule has 5 aromatic rings. The standard InChI is InChI=1S/C16H12N8S/c1-23-9-17-13-3-2-11(6-14(13)23)25-16-21-20-15-5-4-12(22-24(15)16)10-7-18-19-8-10/h2-9H,1H3,(H,18,19). The van der Waals surface area contributed by atoms with Gasteiger partial charge < -0.3 is 4.57 Å². The topological polar surface area (TPSA) is 89.6 Å². The summed E-state index contributed by atoms with van der Waals surface area (Å²) in [5.74, 6) is 0. The number of hydrogen-bond donors (Lipinski definition) is 1. The lowest BCUT2D eigenvalue weighted by Crippen LogP contribution is -1.95. The van der Waals surface area contributed by atoms with Gasteiger partial charge in [-0.25, -0.2) is 4.98 Å². The van der Waals surface area contributed by atoms with Crippen LogP contribution in [0.15, 0.2) is 59.1 Å². The molecule has 0 bridgehead atoms. The smallest absolute Gasteiger partial charge is 0.217 e. The lowest BCUT2D eigenvalue weighted by molar-refractivity contribution is 0.813. The summed E-state index contributed by atoms with van der Waals surface area (Å²) >= 11 is 1.52. The third kappa shape index (κ3) is 2.36. The molecule has 0 saturated carbocycles. The lowest BCUT2D eigenvalue weighted by Gasteiger charge is -2.02. The molecule has 0 aliphatic rings. The molecule has 8 nitrogen and oxygen atoms in total. The van der Waals surface area contributed by atoms with Gasteiger partial charge in [0.2, 0.25) is 5.16 Å². The molecular formula is C16H12N8S. The molecule has 4 aromatic heterocycles. The van der Waals surface area contributed by atoms with Crippen LogP contribution in [0.2, 0.25) is 0 Å². The van der Waals surface area contributed by atoms with Crippen molar-refractivity contribution < 1.29 is 0 Å². The maximum absolute atomic E-state index is 4.64. The Morgan fingerprint density at radius 1 is 1.12 bits per heavy atom. The van der Waals surface area contributed by atoms with E-state index >= 15 is 0 Å². The van der Waals surface area contributed by atoms with Crippen molar-refractivity contribution in [1.82, 2.24) is 39.6 Å². The van der Waals surface area contributed by atoms with Gasteiger partial charge in [-0.1, -0.05) is 0 Å². The molecule has 0 amide bonds. The molecular weight excluding hydrogens is 336 g/mol. The van der Waals surface area contributed by atoms with Crippen molar-refractivity contribution in [3.63, 3.8) is 0 Å². The Bertz CT molecular complexity index is 1190. The van der Waals surface area contributed by atoms with Crippen molar-refractivity contribution in [1.29, 1.82) is 0 Å². The summed E-state index contributed by atoms with van der Waals surface area (Å²) in [6.07, 6.45) is 5.35. The minimum atomic E-state index is 0.705. The summed E-state index contributed by atoms with van der Waals surface area (Å²) < 4.78 is 3.75. The minimum absolute atomic E-state index is 0.705. The number of nitrogens with one attached hydrogen (secondary N) is 1. The average molecular weight is 348 g/mol. The summed E-state index contributed by atoms with van der Waals surface area (Å²) in [6.45, 7) is 0. The van der Waals surface area contributed by atoms with Crippen molar-refractivity contribution in [3.05, 3.63) is 49.1 Å². The van der Waals surface area contributed by atoms with Gasteiger partial charge in [-0.3, -0.25) is 5.10 Å². The van der Waals surface area contributed by atoms with E-state index in [9.17, 15) is 0 Å². The fourth-order valence-corrected chi connectivity index (χ4v) is 3.47. The molecule has 0 aliphatic carbocycles. The van der Waals surface area contributed by atoms with E-state index in [-0.39, 0.29) is 0 Å². The zero-order valence-corrected chi connectivity index (χ0v) is 14.0. The SMILES string of the molecule is Cn1cnc2ccc(Sc3nnc4ccc(-c5cn[nH]c5)nn34)cc21. The highest BCUT2D eigenvalue weighted by Gasteiger charge is 2.12. The first kappa shape index (κ1) is 14.2. The first-order valence-corrected chi connectivity index (χ1v) is 8.40. The first-order chi connectivity index (χ1) is 12.3. The molecule has 0 fully saturated rings. The van der Waals surface area contributed by atoms with Gasteiger partial charge in [0.05, 0.1) is 29.3 Å². The highest BCUT2D eigenvalue weighted by atomic mass is 32.2. The van der Waals surface area contributed by atoms with Gasteiger partial charge >= 0.3 is 0 Å². The van der Waals surface area contributed by atoms with Crippen LogP contribution < -0.4 is 0 Å². The van der Waals surface area contributed by atoms with Gasteiger partial charge in [0.15, 0.2) is 5.65 Å². The number of aryl methyl sites for hydroxylation is 1. The second-order valence-corrected chi connectivity index (χ2v) is 6.61. The number of nitrogens with zero attached hydrogens (tertiary/aromatic N) is 7. The molecule has 122 valence electrons. The second-order valence-electron chi connectivity index (χ2n) is 5.57. The van der Waals surface area contributed by atoms with Gasteiger partial charge in [0.1, 0.15) is 0 Å². The minimum Gasteiger partial charge on any atom is -0.334 e. The molecule has 0 saturated heterocycles. The number of aromatic amines is 1. The predicted molar refractivity (Wildman–Crippen MR) is 93.2 cm³/mol. The fourth-order valence-electron chi connectivity index (χ4n) is 2.65. The molecule has 9 heteroatoms. The highest BCUT2D eigenvalue weighted by Crippen LogP contribution is 2.29. The molecule has 25 heavy (non-hydrogen) atoms. The highest BCUT2D eigenvalue weighted by molar-refractivity contribution is 7.99. The summed E-state index contributed by atoms with van der Waals surface area (Å²) in [7, 11) is 1.98. The summed E-state index contributed by atoms with van der Waals surface area (Å²) in [4.78, 5) is 5.40. The Hall–Kier alpha value is -3.20. The maximum atomic E-state index is 4.64. The number of imidazole rings is 1. The number of hydrogen-bond acceptors (Lipinski definition) is 6. The summed E-state index contributed by atoms with van der Waals surface area (Å²) in [5, 5.41) is 20.6. The third-order valence-corrected chi connectivity index (χ3v) is 4.86. The molecule has 0 atom stereocenters. The Morgan fingerprint density at radius 2 is 2.08 bits per heavy atom. The van der Waals surface area contributed by atoms with E-state index in [4.69, 9.17) is 0 Å². The van der Waals surface area contributed by atoms with Crippen LogP contribution in [0, 0.1) is 0 Å². The number of benzene rings is 1. The molecule has 1 aromatic carbocycles. The Kier molecular flexibility index (Phi) is 3.07. The van der Waals surface area contributed by atoms with Crippen molar-refractivity contribution in [2.45, 2.75) is 10.1 Å². The summed E-state index contributed by atoms with van der Waals surface area (Å²) in [6, 6.07) is 9.93. The van der Waals surface area contributed by atoms with E-state index in [1.54, 1.807) is 10.7 Å². The van der Waals surface area contributed by atoms with Crippen LogP contribution >= 0.6 is 11.8 Å². The van der Waals surface area contributed by atoms with E-state index in [0.717, 1.165) is 27.2 Å². The van der Waals surface area contributed by atoms with E-state index < -0.39 is 0 Å². The van der Waals surface area contributed by atoms with Crippen LogP contribution in [0.5, 0.6) is 0 Å². The Morgan fingerprint density at radius 3 is 2.96 bits per heavy atom. The molecule has 0 aliphatic heterocycles. The van der Waals surface area contributed by atoms with Crippen molar-refractivity contribution in [2.75, 3.05) is 0 Å². The molecule has 0 unspecified atom stereocenters. The predicted octanol–water partition coefficient (Wildman–Crippen LogP) is 2.55. The first-order valence-electron chi connectivity index (χ1n) is 7.58. The van der Waals surface area contributed by atoms with Crippen molar-refractivity contribution in [2.24, 2.45) is 7.05 Å². The summed E-state index contributed by atoms with van der Waals surface area (Å²) in [5.41, 5.74) is 4.48. The van der Waals surface area contributed by atoms with Gasteiger partial charge in [-0.05, 0) is 42.1 Å². The molecule has 5 rings (SSSR count). The van der Waals surface area contributed by atoms with Gasteiger partial charge in [-0.15, -0.1) is 10.2 Å². The molecule has 0 radical (unpaired) electrons. The molecule has 1 N–H and O–H groups in total. The maximum Gasteiger partial charge on any atom is 0.217 e. The zero-order valence-electron chi connectivity index (χ0n) is 13.2. The molecule has 0 spiro atoms. The second kappa shape index (κ2) is 5.42. The lowest BCUT2D eigenvalue weighted by atomic mass is 10.2. The molecule has 4 heterocycles. The largest absolute Gasteiger partial charge is 0.334 e. The van der Waals surface area contributed by atoms with E-state index in [1.807, 2.05) is 48.4 Å². The van der Waals surface area contributed by atoms with Crippen LogP contribution in [-0.4, -0.2) is 39.6 Å². The van der Waals surface area contributed by atoms with Crippen LogP contribution in [0.1, 0.15) is 0 Å². The Balaban J connectivity index is 1.57. The average Bonchev–Trinajstić information content (AvgIpc) is 3.36. The monoisotopic (exact) mass is 348 g/mol. The normalized spacial score (nSPS) is 11.6. The van der Waals surface area contributed by atoms with Crippen LogP contribution in [0.4, 0.5) is 0 Å². The van der Waals surface area contributed by atoms with Crippen LogP contribution in [0.3, 0.4) is 0 Å². The van der Waals surface area contributed by atoms with Crippen molar-refractivity contribution in [3.8, 4) is 11.3 Å². The number of rotatable bonds is 3. The quantitative estimate of drug-likeness (QED) is 0.539. The van der Waals surface area contributed by atoms with Gasteiger partial charge in [0.25, 0.3) is 0 Å². The van der Waals surface area contributed by atoms with Gasteiger partial charge in [-0.2, -0.15) is 14.7 Å². The van der Waals surface area contributed by atoms with Crippen LogP contribution in [0.25, 0.3) is 27.9 Å². The van der Waals surface area contributed by atoms with E-state index in [2.05, 4.69) is 36.5 Å². The van der Waals surface area contributed by atoms with Crippen LogP contribution in [-0.2, 0) is 7.05 Å². The third-order valence-electron chi connectivity index (χ3n) is 3.93. The number of fused-ring (bicyclic) bond motifs is 2. The number of H-pyrrole nitrogens is 1. The number of aromatic nitrogens is 8.